The van der Waals surface area contributed by atoms with Crippen molar-refractivity contribution in [2.75, 3.05) is 6.54 Å². The largest absolute Gasteiger partial charge is 0.303 e. The lowest BCUT2D eigenvalue weighted by atomic mass is 9.82. The average molecular weight is 155 g/mol. The highest BCUT2D eigenvalue weighted by Gasteiger charge is 2.22. The van der Waals surface area contributed by atoms with Gasteiger partial charge in [0, 0.05) is 24.1 Å². The Morgan fingerprint density at radius 1 is 1.55 bits per heavy atom. The molecule has 64 valence electrons. The molecule has 0 saturated heterocycles. The van der Waals surface area contributed by atoms with E-state index in [1.165, 1.54) is 0 Å². The van der Waals surface area contributed by atoms with E-state index in [0.717, 1.165) is 12.8 Å². The van der Waals surface area contributed by atoms with Gasteiger partial charge in [-0.25, -0.2) is 0 Å². The predicted molar refractivity (Wildman–Crippen MR) is 48.0 cm³/mol. The van der Waals surface area contributed by atoms with Gasteiger partial charge in [-0.3, -0.25) is 4.99 Å². The molecular formula is C9H17NO. The van der Waals surface area contributed by atoms with Crippen molar-refractivity contribution in [2.45, 2.75) is 27.7 Å². The van der Waals surface area contributed by atoms with E-state index < -0.39 is 0 Å². The third kappa shape index (κ3) is 3.30. The second-order valence-corrected chi connectivity index (χ2v) is 3.37. The monoisotopic (exact) mass is 155 g/mol. The van der Waals surface area contributed by atoms with Gasteiger partial charge in [-0.1, -0.05) is 20.8 Å². The van der Waals surface area contributed by atoms with Crippen LogP contribution in [0.25, 0.3) is 0 Å². The van der Waals surface area contributed by atoms with Crippen molar-refractivity contribution in [3.63, 3.8) is 0 Å². The molecule has 11 heavy (non-hydrogen) atoms. The fourth-order valence-corrected chi connectivity index (χ4v) is 0.620. The number of carbonyl (C=O) groups excluding carboxylic acids is 1. The molecule has 0 rings (SSSR count). The molecule has 0 bridgehead atoms. The Kier molecular flexibility index (Phi) is 4.01. The van der Waals surface area contributed by atoms with Crippen molar-refractivity contribution in [3.05, 3.63) is 0 Å². The second kappa shape index (κ2) is 4.27. The molecule has 0 amide bonds. The maximum Gasteiger partial charge on any atom is 0.123 e. The zero-order chi connectivity index (χ0) is 8.91. The summed E-state index contributed by atoms with van der Waals surface area (Å²) in [6.45, 7) is 8.72. The van der Waals surface area contributed by atoms with Gasteiger partial charge in [0.05, 0.1) is 0 Å². The van der Waals surface area contributed by atoms with Crippen LogP contribution >= 0.6 is 0 Å². The minimum atomic E-state index is -0.0994. The maximum atomic E-state index is 10.5. The summed E-state index contributed by atoms with van der Waals surface area (Å²) in [5, 5.41) is 0. The van der Waals surface area contributed by atoms with Crippen molar-refractivity contribution in [2.24, 2.45) is 16.3 Å². The highest BCUT2D eigenvalue weighted by molar-refractivity contribution is 5.71. The summed E-state index contributed by atoms with van der Waals surface area (Å²) in [5.41, 5.74) is -0.0994. The lowest BCUT2D eigenvalue weighted by Crippen LogP contribution is -2.24. The molecule has 2 heteroatoms. The molecule has 1 unspecified atom stereocenters. The summed E-state index contributed by atoms with van der Waals surface area (Å²) < 4.78 is 0. The van der Waals surface area contributed by atoms with Crippen LogP contribution in [0, 0.1) is 11.3 Å². The van der Waals surface area contributed by atoms with Crippen LogP contribution in [-0.2, 0) is 4.79 Å². The molecule has 0 aliphatic heterocycles. The minimum absolute atomic E-state index is 0.0396. The van der Waals surface area contributed by atoms with E-state index in [4.69, 9.17) is 0 Å². The fourth-order valence-electron chi connectivity index (χ4n) is 0.620. The molecule has 0 N–H and O–H groups in total. The van der Waals surface area contributed by atoms with Crippen molar-refractivity contribution in [1.82, 2.24) is 0 Å². The molecule has 0 heterocycles. The van der Waals surface area contributed by atoms with Crippen LogP contribution < -0.4 is 0 Å². The van der Waals surface area contributed by atoms with Crippen LogP contribution in [0.3, 0.4) is 0 Å². The zero-order valence-corrected chi connectivity index (χ0v) is 7.79. The fraction of sp³-hybridized carbons (Fsp3) is 0.778. The Hall–Kier alpha value is -0.660. The summed E-state index contributed by atoms with van der Waals surface area (Å²) in [7, 11) is 0. The standard InChI is InChI=1S/C9H17NO/c1-5-10-7-9(3,4)8(2)6-11/h6-8H,5H2,1-4H3/b10-7-. The van der Waals surface area contributed by atoms with Gasteiger partial charge in [0.2, 0.25) is 0 Å². The molecule has 1 atom stereocenters. The van der Waals surface area contributed by atoms with Gasteiger partial charge in [-0.2, -0.15) is 0 Å². The summed E-state index contributed by atoms with van der Waals surface area (Å²) in [6.07, 6.45) is 2.84. The molecule has 0 aromatic rings. The SMILES string of the molecule is CC/N=C\C(C)(C)C(C)C=O. The normalized spacial score (nSPS) is 15.3. The highest BCUT2D eigenvalue weighted by Crippen LogP contribution is 2.21. The number of carbonyl (C=O) groups is 1. The Labute approximate surface area is 68.7 Å². The summed E-state index contributed by atoms with van der Waals surface area (Å²) >= 11 is 0. The quantitative estimate of drug-likeness (QED) is 0.450. The van der Waals surface area contributed by atoms with Crippen LogP contribution in [0.1, 0.15) is 27.7 Å². The number of aldehydes is 1. The van der Waals surface area contributed by atoms with Crippen molar-refractivity contribution >= 4 is 12.5 Å². The van der Waals surface area contributed by atoms with Crippen LogP contribution in [0.4, 0.5) is 0 Å². The molecule has 0 fully saturated rings. The van der Waals surface area contributed by atoms with Crippen LogP contribution in [0.15, 0.2) is 4.99 Å². The lowest BCUT2D eigenvalue weighted by Gasteiger charge is -2.22. The van der Waals surface area contributed by atoms with Gasteiger partial charge in [0.25, 0.3) is 0 Å². The average Bonchev–Trinajstić information content (AvgIpc) is 1.99. The molecule has 0 radical (unpaired) electrons. The van der Waals surface area contributed by atoms with Gasteiger partial charge in [-0.05, 0) is 6.92 Å². The molecular weight excluding hydrogens is 138 g/mol. The van der Waals surface area contributed by atoms with Crippen LogP contribution in [0.2, 0.25) is 0 Å². The smallest absolute Gasteiger partial charge is 0.123 e. The van der Waals surface area contributed by atoms with E-state index in [9.17, 15) is 4.79 Å². The Balaban J connectivity index is 4.19. The Morgan fingerprint density at radius 3 is 2.45 bits per heavy atom. The van der Waals surface area contributed by atoms with Gasteiger partial charge >= 0.3 is 0 Å². The first kappa shape index (κ1) is 10.3. The number of rotatable bonds is 4. The molecule has 0 aliphatic carbocycles. The first-order chi connectivity index (χ1) is 5.04. The van der Waals surface area contributed by atoms with Gasteiger partial charge in [0.1, 0.15) is 6.29 Å². The maximum absolute atomic E-state index is 10.5. The summed E-state index contributed by atoms with van der Waals surface area (Å²) in [6, 6.07) is 0. The zero-order valence-electron chi connectivity index (χ0n) is 7.79. The Bertz CT molecular complexity index is 150. The van der Waals surface area contributed by atoms with Crippen molar-refractivity contribution < 1.29 is 4.79 Å². The van der Waals surface area contributed by atoms with Gasteiger partial charge < -0.3 is 4.79 Å². The molecule has 0 aliphatic rings. The summed E-state index contributed by atoms with van der Waals surface area (Å²) in [5.74, 6) is 0.0396. The molecule has 2 nitrogen and oxygen atoms in total. The predicted octanol–water partition coefficient (Wildman–Crippen LogP) is 1.94. The van der Waals surface area contributed by atoms with Crippen molar-refractivity contribution in [1.29, 1.82) is 0 Å². The van der Waals surface area contributed by atoms with Gasteiger partial charge in [0.15, 0.2) is 0 Å². The molecule has 0 aromatic heterocycles. The van der Waals surface area contributed by atoms with Gasteiger partial charge in [-0.15, -0.1) is 0 Å². The van der Waals surface area contributed by atoms with Crippen molar-refractivity contribution in [3.8, 4) is 0 Å². The molecule has 0 spiro atoms. The highest BCUT2D eigenvalue weighted by atomic mass is 16.1. The first-order valence-electron chi connectivity index (χ1n) is 4.01. The number of nitrogens with zero attached hydrogens (tertiary/aromatic N) is 1. The van der Waals surface area contributed by atoms with E-state index in [1.807, 2.05) is 33.9 Å². The number of aliphatic imine (C=N–C) groups is 1. The van der Waals surface area contributed by atoms with E-state index >= 15 is 0 Å². The van der Waals surface area contributed by atoms with E-state index in [-0.39, 0.29) is 11.3 Å². The topological polar surface area (TPSA) is 29.4 Å². The Morgan fingerprint density at radius 2 is 2.09 bits per heavy atom. The third-order valence-corrected chi connectivity index (χ3v) is 1.98. The van der Waals surface area contributed by atoms with E-state index in [1.54, 1.807) is 0 Å². The minimum Gasteiger partial charge on any atom is -0.303 e. The first-order valence-corrected chi connectivity index (χ1v) is 4.01. The lowest BCUT2D eigenvalue weighted by molar-refractivity contribution is -0.112. The van der Waals surface area contributed by atoms with Crippen LogP contribution in [0.5, 0.6) is 0 Å². The molecule has 0 saturated carbocycles. The van der Waals surface area contributed by atoms with Crippen LogP contribution in [-0.4, -0.2) is 19.0 Å². The third-order valence-electron chi connectivity index (χ3n) is 1.98. The summed E-state index contributed by atoms with van der Waals surface area (Å²) in [4.78, 5) is 14.6. The second-order valence-electron chi connectivity index (χ2n) is 3.37. The van der Waals surface area contributed by atoms with E-state index in [2.05, 4.69) is 4.99 Å². The number of hydrogen-bond donors (Lipinski definition) is 0. The molecule has 0 aromatic carbocycles. The number of hydrogen-bond acceptors (Lipinski definition) is 2. The van der Waals surface area contributed by atoms with E-state index in [0.29, 0.717) is 0 Å².